The monoisotopic (exact) mass is 373 g/mol. The van der Waals surface area contributed by atoms with Crippen molar-refractivity contribution in [3.63, 3.8) is 0 Å². The van der Waals surface area contributed by atoms with Crippen LogP contribution in [0, 0.1) is 13.8 Å². The number of carbonyl (C=O) groups excluding carboxylic acids is 1. The fourth-order valence-corrected chi connectivity index (χ4v) is 3.64. The van der Waals surface area contributed by atoms with Crippen molar-refractivity contribution in [1.82, 2.24) is 20.0 Å². The summed E-state index contributed by atoms with van der Waals surface area (Å²) in [5.41, 5.74) is 3.22. The highest BCUT2D eigenvalue weighted by atomic mass is 16.5. The van der Waals surface area contributed by atoms with Crippen molar-refractivity contribution in [2.24, 2.45) is 0 Å². The van der Waals surface area contributed by atoms with Crippen molar-refractivity contribution in [2.75, 3.05) is 31.6 Å². The second-order valence-corrected chi connectivity index (χ2v) is 6.92. The van der Waals surface area contributed by atoms with E-state index in [0.29, 0.717) is 18.6 Å². The summed E-state index contributed by atoms with van der Waals surface area (Å²) in [6, 6.07) is 0.322. The number of rotatable bonds is 7. The lowest BCUT2D eigenvalue weighted by Gasteiger charge is -2.24. The van der Waals surface area contributed by atoms with Crippen molar-refractivity contribution in [3.05, 3.63) is 35.0 Å². The predicted molar refractivity (Wildman–Crippen MR) is 100 cm³/mol. The number of anilines is 1. The number of nitrogens with zero attached hydrogens (tertiary/aromatic N) is 5. The van der Waals surface area contributed by atoms with E-state index in [1.807, 2.05) is 26.2 Å². The zero-order valence-electron chi connectivity index (χ0n) is 16.4. The van der Waals surface area contributed by atoms with Gasteiger partial charge in [0.1, 0.15) is 12.3 Å². The standard InChI is InChI=1S/C19H27N5O3/c1-5-26-17(25)12-23(4)19-20-9-15(10-21-19)11-24-8-6-7-16(24)18-13(2)22-27-14(18)3/h9-10,16H,5-8,11-12H2,1-4H3. The van der Waals surface area contributed by atoms with Crippen LogP contribution in [0.4, 0.5) is 5.95 Å². The molecule has 0 amide bonds. The first-order chi connectivity index (χ1) is 13.0. The van der Waals surface area contributed by atoms with Crippen LogP contribution < -0.4 is 4.90 Å². The molecule has 1 fully saturated rings. The molecule has 1 saturated heterocycles. The van der Waals surface area contributed by atoms with E-state index in [1.54, 1.807) is 18.9 Å². The van der Waals surface area contributed by atoms with E-state index in [9.17, 15) is 4.79 Å². The summed E-state index contributed by atoms with van der Waals surface area (Å²) in [6.45, 7) is 8.07. The van der Waals surface area contributed by atoms with Crippen LogP contribution in [0.3, 0.4) is 0 Å². The molecule has 0 bridgehead atoms. The molecule has 0 aromatic carbocycles. The molecule has 146 valence electrons. The molecular formula is C19H27N5O3. The maximum Gasteiger partial charge on any atom is 0.325 e. The second-order valence-electron chi connectivity index (χ2n) is 6.92. The minimum absolute atomic E-state index is 0.132. The number of likely N-dealkylation sites (N-methyl/N-ethyl adjacent to an activating group) is 1. The smallest absolute Gasteiger partial charge is 0.325 e. The molecule has 1 atom stereocenters. The Kier molecular flexibility index (Phi) is 6.05. The zero-order valence-corrected chi connectivity index (χ0v) is 16.4. The molecule has 8 nitrogen and oxygen atoms in total. The molecule has 0 saturated carbocycles. The molecule has 27 heavy (non-hydrogen) atoms. The van der Waals surface area contributed by atoms with Gasteiger partial charge in [-0.1, -0.05) is 5.16 Å². The first-order valence-electron chi connectivity index (χ1n) is 9.34. The maximum absolute atomic E-state index is 11.6. The molecule has 3 rings (SSSR count). The highest BCUT2D eigenvalue weighted by molar-refractivity contribution is 5.74. The molecule has 0 N–H and O–H groups in total. The average molecular weight is 373 g/mol. The van der Waals surface area contributed by atoms with Crippen molar-refractivity contribution in [3.8, 4) is 0 Å². The van der Waals surface area contributed by atoms with E-state index >= 15 is 0 Å². The Morgan fingerprint density at radius 3 is 2.74 bits per heavy atom. The van der Waals surface area contributed by atoms with Crippen molar-refractivity contribution < 1.29 is 14.1 Å². The molecule has 0 radical (unpaired) electrons. The third-order valence-corrected chi connectivity index (χ3v) is 4.88. The summed E-state index contributed by atoms with van der Waals surface area (Å²) in [4.78, 5) is 24.5. The van der Waals surface area contributed by atoms with E-state index in [4.69, 9.17) is 9.26 Å². The van der Waals surface area contributed by atoms with E-state index in [1.165, 1.54) is 5.56 Å². The van der Waals surface area contributed by atoms with Gasteiger partial charge in [0.15, 0.2) is 0 Å². The summed E-state index contributed by atoms with van der Waals surface area (Å²) < 4.78 is 10.3. The molecule has 0 aliphatic carbocycles. The predicted octanol–water partition coefficient (Wildman–Crippen LogP) is 2.42. The molecule has 3 heterocycles. The van der Waals surface area contributed by atoms with Crippen LogP contribution in [0.15, 0.2) is 16.9 Å². The van der Waals surface area contributed by atoms with Crippen LogP contribution in [0.5, 0.6) is 0 Å². The van der Waals surface area contributed by atoms with Crippen LogP contribution >= 0.6 is 0 Å². The van der Waals surface area contributed by atoms with Crippen LogP contribution in [-0.2, 0) is 16.1 Å². The highest BCUT2D eigenvalue weighted by Gasteiger charge is 2.30. The minimum Gasteiger partial charge on any atom is -0.465 e. The fourth-order valence-electron chi connectivity index (χ4n) is 3.64. The van der Waals surface area contributed by atoms with Gasteiger partial charge in [0.05, 0.1) is 12.3 Å². The van der Waals surface area contributed by atoms with Gasteiger partial charge in [-0.2, -0.15) is 0 Å². The van der Waals surface area contributed by atoms with Crippen LogP contribution in [-0.4, -0.2) is 52.7 Å². The zero-order chi connectivity index (χ0) is 19.4. The lowest BCUT2D eigenvalue weighted by atomic mass is 10.0. The SMILES string of the molecule is CCOC(=O)CN(C)c1ncc(CN2CCCC2c2c(C)noc2C)cn1. The van der Waals surface area contributed by atoms with E-state index in [-0.39, 0.29) is 12.5 Å². The average Bonchev–Trinajstić information content (AvgIpc) is 3.21. The molecule has 2 aromatic rings. The van der Waals surface area contributed by atoms with Crippen molar-refractivity contribution in [2.45, 2.75) is 46.2 Å². The first-order valence-corrected chi connectivity index (χ1v) is 9.34. The third kappa shape index (κ3) is 4.44. The number of likely N-dealkylation sites (tertiary alicyclic amines) is 1. The van der Waals surface area contributed by atoms with Gasteiger partial charge >= 0.3 is 5.97 Å². The van der Waals surface area contributed by atoms with Crippen LogP contribution in [0.1, 0.15) is 48.4 Å². The largest absolute Gasteiger partial charge is 0.465 e. The lowest BCUT2D eigenvalue weighted by Crippen LogP contribution is -2.28. The van der Waals surface area contributed by atoms with Gasteiger partial charge in [0, 0.05) is 43.2 Å². The summed E-state index contributed by atoms with van der Waals surface area (Å²) in [7, 11) is 1.78. The Labute approximate surface area is 159 Å². The van der Waals surface area contributed by atoms with Crippen molar-refractivity contribution in [1.29, 1.82) is 0 Å². The maximum atomic E-state index is 11.6. The van der Waals surface area contributed by atoms with Gasteiger partial charge in [-0.15, -0.1) is 0 Å². The minimum atomic E-state index is -0.285. The summed E-state index contributed by atoms with van der Waals surface area (Å²) in [6.07, 6.45) is 5.90. The van der Waals surface area contributed by atoms with E-state index < -0.39 is 0 Å². The Hall–Kier alpha value is -2.48. The Balaban J connectivity index is 1.65. The summed E-state index contributed by atoms with van der Waals surface area (Å²) in [5, 5.41) is 4.10. The van der Waals surface area contributed by atoms with Gasteiger partial charge < -0.3 is 14.2 Å². The van der Waals surface area contributed by atoms with Gasteiger partial charge in [0.25, 0.3) is 0 Å². The number of hydrogen-bond acceptors (Lipinski definition) is 8. The van der Waals surface area contributed by atoms with E-state index in [0.717, 1.165) is 42.9 Å². The van der Waals surface area contributed by atoms with E-state index in [2.05, 4.69) is 20.0 Å². The quantitative estimate of drug-likeness (QED) is 0.684. The number of esters is 1. The molecule has 1 aliphatic heterocycles. The summed E-state index contributed by atoms with van der Waals surface area (Å²) in [5.74, 6) is 1.12. The number of carbonyl (C=O) groups is 1. The highest BCUT2D eigenvalue weighted by Crippen LogP contribution is 2.36. The number of hydrogen-bond donors (Lipinski definition) is 0. The van der Waals surface area contributed by atoms with Crippen LogP contribution in [0.25, 0.3) is 0 Å². The Morgan fingerprint density at radius 1 is 1.37 bits per heavy atom. The fraction of sp³-hybridized carbons (Fsp3) is 0.579. The molecule has 0 spiro atoms. The lowest BCUT2D eigenvalue weighted by molar-refractivity contribution is -0.141. The molecular weight excluding hydrogens is 346 g/mol. The molecule has 2 aromatic heterocycles. The number of aryl methyl sites for hydroxylation is 2. The first kappa shape index (κ1) is 19.3. The number of aromatic nitrogens is 3. The topological polar surface area (TPSA) is 84.6 Å². The van der Waals surface area contributed by atoms with Gasteiger partial charge in [0.2, 0.25) is 5.95 Å². The molecule has 8 heteroatoms. The third-order valence-electron chi connectivity index (χ3n) is 4.88. The van der Waals surface area contributed by atoms with Gasteiger partial charge in [-0.25, -0.2) is 9.97 Å². The normalized spacial score (nSPS) is 17.3. The number of ether oxygens (including phenoxy) is 1. The second kappa shape index (κ2) is 8.47. The van der Waals surface area contributed by atoms with Gasteiger partial charge in [-0.3, -0.25) is 9.69 Å². The van der Waals surface area contributed by atoms with Gasteiger partial charge in [-0.05, 0) is 40.2 Å². The van der Waals surface area contributed by atoms with Crippen LogP contribution in [0.2, 0.25) is 0 Å². The van der Waals surface area contributed by atoms with Crippen molar-refractivity contribution >= 4 is 11.9 Å². The Bertz CT molecular complexity index is 755. The molecule has 1 aliphatic rings. The Morgan fingerprint density at radius 2 is 2.11 bits per heavy atom. The molecule has 1 unspecified atom stereocenters. The summed E-state index contributed by atoms with van der Waals surface area (Å²) >= 11 is 0.